The van der Waals surface area contributed by atoms with Crippen molar-refractivity contribution in [2.75, 3.05) is 45.0 Å². The van der Waals surface area contributed by atoms with Gasteiger partial charge in [0.15, 0.2) is 0 Å². The molecule has 0 aromatic rings. The van der Waals surface area contributed by atoms with E-state index in [4.69, 9.17) is 4.55 Å². The zero-order valence-corrected chi connectivity index (χ0v) is 8.52. The van der Waals surface area contributed by atoms with Crippen LogP contribution in [0, 0.1) is 0 Å². The van der Waals surface area contributed by atoms with Gasteiger partial charge in [-0.05, 0) is 18.6 Å². The zero-order valence-electron chi connectivity index (χ0n) is 7.70. The van der Waals surface area contributed by atoms with Crippen molar-refractivity contribution in [1.29, 1.82) is 0 Å². The molecular weight excluding hydrogens is 172 g/mol. The second kappa shape index (κ2) is 5.80. The maximum atomic E-state index is 8.57. The van der Waals surface area contributed by atoms with Gasteiger partial charge in [-0.15, -0.1) is 0 Å². The lowest BCUT2D eigenvalue weighted by atomic mass is 10.3. The molecule has 1 aliphatic rings. The first kappa shape index (κ1) is 10.3. The van der Waals surface area contributed by atoms with Crippen LogP contribution in [0.25, 0.3) is 0 Å². The number of piperazine rings is 1. The Morgan fingerprint density at radius 1 is 1.17 bits per heavy atom. The highest BCUT2D eigenvalue weighted by Gasteiger charge is 2.14. The first-order valence-corrected chi connectivity index (χ1v) is 5.52. The van der Waals surface area contributed by atoms with Gasteiger partial charge in [0.2, 0.25) is 0 Å². The Morgan fingerprint density at radius 2 is 1.75 bits per heavy atom. The van der Waals surface area contributed by atoms with E-state index >= 15 is 0 Å². The summed E-state index contributed by atoms with van der Waals surface area (Å²) in [7, 11) is 0. The van der Waals surface area contributed by atoms with Gasteiger partial charge in [-0.2, -0.15) is 0 Å². The highest BCUT2D eigenvalue weighted by molar-refractivity contribution is 7.93. The molecule has 0 unspecified atom stereocenters. The molecule has 72 valence electrons. The van der Waals surface area contributed by atoms with Crippen LogP contribution >= 0.6 is 12.0 Å². The third-order valence-corrected chi connectivity index (χ3v) is 2.78. The van der Waals surface area contributed by atoms with Gasteiger partial charge in [0.05, 0.1) is 0 Å². The summed E-state index contributed by atoms with van der Waals surface area (Å²) in [6.45, 7) is 9.10. The lowest BCUT2D eigenvalue weighted by molar-refractivity contribution is 0.143. The molecular formula is C8H18N2OS. The first-order valence-electron chi connectivity index (χ1n) is 4.58. The van der Waals surface area contributed by atoms with Gasteiger partial charge in [-0.25, -0.2) is 0 Å². The SMILES string of the molecule is CCN1CCN(CCSO)CC1. The lowest BCUT2D eigenvalue weighted by Gasteiger charge is -2.33. The minimum absolute atomic E-state index is 0.839. The molecule has 0 saturated carbocycles. The van der Waals surface area contributed by atoms with Crippen LogP contribution in [-0.4, -0.2) is 59.4 Å². The monoisotopic (exact) mass is 190 g/mol. The molecule has 1 aliphatic heterocycles. The predicted octanol–water partition coefficient (Wildman–Crippen LogP) is 0.830. The van der Waals surface area contributed by atoms with Crippen LogP contribution in [0.15, 0.2) is 0 Å². The number of hydrogen-bond acceptors (Lipinski definition) is 4. The summed E-state index contributed by atoms with van der Waals surface area (Å²) in [5.41, 5.74) is 0. The maximum Gasteiger partial charge on any atom is 0.0323 e. The first-order chi connectivity index (χ1) is 5.86. The van der Waals surface area contributed by atoms with E-state index in [2.05, 4.69) is 16.7 Å². The summed E-state index contributed by atoms with van der Waals surface area (Å²) in [5.74, 6) is 0.839. The number of likely N-dealkylation sites (N-methyl/N-ethyl adjacent to an activating group) is 1. The number of nitrogens with zero attached hydrogens (tertiary/aromatic N) is 2. The van der Waals surface area contributed by atoms with Crippen molar-refractivity contribution >= 4 is 12.0 Å². The Labute approximate surface area is 78.9 Å². The maximum absolute atomic E-state index is 8.57. The number of hydrogen-bond donors (Lipinski definition) is 1. The molecule has 0 aliphatic carbocycles. The van der Waals surface area contributed by atoms with Crippen molar-refractivity contribution in [3.8, 4) is 0 Å². The molecule has 0 radical (unpaired) electrons. The molecule has 0 spiro atoms. The fourth-order valence-corrected chi connectivity index (χ4v) is 1.84. The smallest absolute Gasteiger partial charge is 0.0323 e. The molecule has 0 aromatic heterocycles. The molecule has 1 rings (SSSR count). The molecule has 1 saturated heterocycles. The molecule has 4 heteroatoms. The zero-order chi connectivity index (χ0) is 8.81. The van der Waals surface area contributed by atoms with Gasteiger partial charge in [-0.3, -0.25) is 4.90 Å². The van der Waals surface area contributed by atoms with Crippen LogP contribution < -0.4 is 0 Å². The third kappa shape index (κ3) is 3.31. The van der Waals surface area contributed by atoms with Crippen molar-refractivity contribution in [3.63, 3.8) is 0 Å². The standard InChI is InChI=1S/C8H18N2OS/c1-2-9-3-5-10(6-4-9)7-8-12-11/h11H,2-8H2,1H3. The molecule has 1 fully saturated rings. The van der Waals surface area contributed by atoms with Crippen molar-refractivity contribution in [3.05, 3.63) is 0 Å². The van der Waals surface area contributed by atoms with Crippen molar-refractivity contribution < 1.29 is 4.55 Å². The summed E-state index contributed by atoms with van der Waals surface area (Å²) in [6.07, 6.45) is 0. The highest BCUT2D eigenvalue weighted by Crippen LogP contribution is 2.02. The normalized spacial score (nSPS) is 21.5. The molecule has 0 bridgehead atoms. The highest BCUT2D eigenvalue weighted by atomic mass is 32.2. The quantitative estimate of drug-likeness (QED) is 0.664. The molecule has 12 heavy (non-hydrogen) atoms. The number of rotatable bonds is 4. The minimum atomic E-state index is 0.839. The Kier molecular flexibility index (Phi) is 4.99. The second-order valence-corrected chi connectivity index (χ2v) is 3.78. The van der Waals surface area contributed by atoms with Gasteiger partial charge in [-0.1, -0.05) is 6.92 Å². The van der Waals surface area contributed by atoms with Crippen molar-refractivity contribution in [2.24, 2.45) is 0 Å². The van der Waals surface area contributed by atoms with E-state index in [1.54, 1.807) is 0 Å². The van der Waals surface area contributed by atoms with Crippen LogP contribution in [-0.2, 0) is 0 Å². The lowest BCUT2D eigenvalue weighted by Crippen LogP contribution is -2.46. The minimum Gasteiger partial charge on any atom is -0.330 e. The fourth-order valence-electron chi connectivity index (χ4n) is 1.50. The molecule has 3 nitrogen and oxygen atoms in total. The van der Waals surface area contributed by atoms with E-state index in [0.717, 1.165) is 37.4 Å². The Balaban J connectivity index is 2.09. The molecule has 0 aromatic carbocycles. The van der Waals surface area contributed by atoms with Gasteiger partial charge >= 0.3 is 0 Å². The topological polar surface area (TPSA) is 26.7 Å². The van der Waals surface area contributed by atoms with Crippen LogP contribution in [0.3, 0.4) is 0 Å². The summed E-state index contributed by atoms with van der Waals surface area (Å²) in [6, 6.07) is 0. The van der Waals surface area contributed by atoms with E-state index in [0.29, 0.717) is 0 Å². The van der Waals surface area contributed by atoms with Gasteiger partial charge in [0, 0.05) is 38.5 Å². The van der Waals surface area contributed by atoms with E-state index in [1.165, 1.54) is 19.6 Å². The second-order valence-electron chi connectivity index (χ2n) is 3.11. The van der Waals surface area contributed by atoms with Gasteiger partial charge in [0.1, 0.15) is 0 Å². The van der Waals surface area contributed by atoms with E-state index in [1.807, 2.05) is 0 Å². The molecule has 1 heterocycles. The average molecular weight is 190 g/mol. The molecule has 0 atom stereocenters. The van der Waals surface area contributed by atoms with Crippen molar-refractivity contribution in [1.82, 2.24) is 9.80 Å². The van der Waals surface area contributed by atoms with E-state index in [9.17, 15) is 0 Å². The summed E-state index contributed by atoms with van der Waals surface area (Å²) in [5, 5.41) is 0. The largest absolute Gasteiger partial charge is 0.330 e. The predicted molar refractivity (Wildman–Crippen MR) is 53.6 cm³/mol. The fraction of sp³-hybridized carbons (Fsp3) is 1.00. The van der Waals surface area contributed by atoms with Crippen LogP contribution in [0.1, 0.15) is 6.92 Å². The van der Waals surface area contributed by atoms with E-state index < -0.39 is 0 Å². The van der Waals surface area contributed by atoms with E-state index in [-0.39, 0.29) is 0 Å². The summed E-state index contributed by atoms with van der Waals surface area (Å²) in [4.78, 5) is 4.87. The Bertz CT molecular complexity index is 116. The Morgan fingerprint density at radius 3 is 2.25 bits per heavy atom. The Hall–Kier alpha value is 0.230. The molecule has 0 amide bonds. The third-order valence-electron chi connectivity index (χ3n) is 2.41. The summed E-state index contributed by atoms with van der Waals surface area (Å²) < 4.78 is 8.57. The van der Waals surface area contributed by atoms with Gasteiger partial charge in [0.25, 0.3) is 0 Å². The summed E-state index contributed by atoms with van der Waals surface area (Å²) >= 11 is 0.947. The molecule has 1 N–H and O–H groups in total. The van der Waals surface area contributed by atoms with Crippen LogP contribution in [0.5, 0.6) is 0 Å². The van der Waals surface area contributed by atoms with Crippen LogP contribution in [0.2, 0.25) is 0 Å². The van der Waals surface area contributed by atoms with Gasteiger partial charge < -0.3 is 9.45 Å². The van der Waals surface area contributed by atoms with Crippen LogP contribution in [0.4, 0.5) is 0 Å². The average Bonchev–Trinajstić information content (AvgIpc) is 2.15. The van der Waals surface area contributed by atoms with Crippen molar-refractivity contribution in [2.45, 2.75) is 6.92 Å².